The molecule has 1 aromatic carbocycles. The van der Waals surface area contributed by atoms with E-state index in [1.165, 1.54) is 14.2 Å². The minimum absolute atomic E-state index is 0.321. The highest BCUT2D eigenvalue weighted by molar-refractivity contribution is 6.33. The lowest BCUT2D eigenvalue weighted by Crippen LogP contribution is -2.12. The van der Waals surface area contributed by atoms with Gasteiger partial charge in [0.25, 0.3) is 0 Å². The molecule has 0 spiro atoms. The summed E-state index contributed by atoms with van der Waals surface area (Å²) in [7, 11) is 2.83. The summed E-state index contributed by atoms with van der Waals surface area (Å²) in [5.41, 5.74) is 1.14. The number of hydrogen-bond donors (Lipinski definition) is 1. The lowest BCUT2D eigenvalue weighted by molar-refractivity contribution is -0.0731. The molecule has 82 valence electrons. The van der Waals surface area contributed by atoms with Gasteiger partial charge in [0, 0.05) is 13.6 Å². The normalized spacial score (nSPS) is 10.5. The van der Waals surface area contributed by atoms with Crippen LogP contribution in [0.4, 0.5) is 0 Å². The Hall–Kier alpha value is -1.10. The summed E-state index contributed by atoms with van der Waals surface area (Å²) in [5.74, 6) is -0.469. The summed E-state index contributed by atoms with van der Waals surface area (Å²) in [4.78, 5) is 11.2. The third kappa shape index (κ3) is 3.20. The first kappa shape index (κ1) is 12.0. The fraction of sp³-hybridized carbons (Fsp3) is 0.300. The Labute approximate surface area is 93.0 Å². The van der Waals surface area contributed by atoms with Crippen LogP contribution in [0, 0.1) is 0 Å². The predicted molar refractivity (Wildman–Crippen MR) is 56.0 cm³/mol. The smallest absolute Gasteiger partial charge is 0.339 e. The number of rotatable bonds is 3. The van der Waals surface area contributed by atoms with Crippen LogP contribution in [0.5, 0.6) is 0 Å². The Morgan fingerprint density at radius 3 is 2.73 bits per heavy atom. The molecule has 0 unspecified atom stereocenters. The first-order valence-electron chi connectivity index (χ1n) is 4.31. The Kier molecular flexibility index (Phi) is 4.08. The molecular weight excluding hydrogens is 218 g/mol. The molecular formula is C10H12ClNO3. The van der Waals surface area contributed by atoms with Gasteiger partial charge in [0.2, 0.25) is 0 Å². The van der Waals surface area contributed by atoms with Gasteiger partial charge >= 0.3 is 5.97 Å². The standard InChI is InChI=1S/C10H12ClNO3/c1-12(14)6-7-3-4-8(9(11)5-7)10(13)15-2/h3-5,14H,6H2,1-2H3. The Bertz CT molecular complexity index is 366. The maximum atomic E-state index is 11.2. The summed E-state index contributed by atoms with van der Waals surface area (Å²) < 4.78 is 4.55. The maximum Gasteiger partial charge on any atom is 0.339 e. The van der Waals surface area contributed by atoms with Crippen molar-refractivity contribution in [1.29, 1.82) is 0 Å². The molecule has 1 N–H and O–H groups in total. The number of carbonyl (C=O) groups excluding carboxylic acids is 1. The molecule has 1 aromatic rings. The minimum Gasteiger partial charge on any atom is -0.465 e. The van der Waals surface area contributed by atoms with E-state index in [4.69, 9.17) is 16.8 Å². The Balaban J connectivity index is 2.93. The van der Waals surface area contributed by atoms with Crippen LogP contribution in [-0.4, -0.2) is 30.4 Å². The van der Waals surface area contributed by atoms with E-state index in [1.807, 2.05) is 0 Å². The lowest BCUT2D eigenvalue weighted by atomic mass is 10.1. The van der Waals surface area contributed by atoms with Crippen LogP contribution in [0.15, 0.2) is 18.2 Å². The molecule has 0 saturated heterocycles. The average molecular weight is 230 g/mol. The van der Waals surface area contributed by atoms with Crippen LogP contribution in [0.1, 0.15) is 15.9 Å². The van der Waals surface area contributed by atoms with E-state index in [9.17, 15) is 4.79 Å². The molecule has 0 aliphatic heterocycles. The van der Waals surface area contributed by atoms with Crippen LogP contribution in [0.25, 0.3) is 0 Å². The molecule has 4 nitrogen and oxygen atoms in total. The van der Waals surface area contributed by atoms with Crippen molar-refractivity contribution >= 4 is 17.6 Å². The average Bonchev–Trinajstić information content (AvgIpc) is 2.16. The van der Waals surface area contributed by atoms with Gasteiger partial charge in [-0.2, -0.15) is 5.06 Å². The summed E-state index contributed by atoms with van der Waals surface area (Å²) in [6.07, 6.45) is 0. The fourth-order valence-corrected chi connectivity index (χ4v) is 1.48. The fourth-order valence-electron chi connectivity index (χ4n) is 1.20. The maximum absolute atomic E-state index is 11.2. The van der Waals surface area contributed by atoms with E-state index in [0.29, 0.717) is 17.1 Å². The van der Waals surface area contributed by atoms with Crippen LogP contribution in [0.2, 0.25) is 5.02 Å². The number of halogens is 1. The van der Waals surface area contributed by atoms with Crippen LogP contribution < -0.4 is 0 Å². The van der Waals surface area contributed by atoms with Crippen molar-refractivity contribution in [2.24, 2.45) is 0 Å². The zero-order valence-corrected chi connectivity index (χ0v) is 9.28. The summed E-state index contributed by atoms with van der Waals surface area (Å²) in [6.45, 7) is 0.348. The van der Waals surface area contributed by atoms with Crippen molar-refractivity contribution in [3.8, 4) is 0 Å². The van der Waals surface area contributed by atoms with Crippen LogP contribution in [-0.2, 0) is 11.3 Å². The number of benzene rings is 1. The van der Waals surface area contributed by atoms with Crippen molar-refractivity contribution in [2.75, 3.05) is 14.2 Å². The van der Waals surface area contributed by atoms with Crippen molar-refractivity contribution in [2.45, 2.75) is 6.54 Å². The SMILES string of the molecule is COC(=O)c1ccc(CN(C)O)cc1Cl. The van der Waals surface area contributed by atoms with E-state index < -0.39 is 5.97 Å². The van der Waals surface area contributed by atoms with Gasteiger partial charge in [0.05, 0.1) is 17.7 Å². The van der Waals surface area contributed by atoms with E-state index in [0.717, 1.165) is 10.6 Å². The molecule has 0 aliphatic carbocycles. The molecule has 0 radical (unpaired) electrons. The number of ether oxygens (including phenoxy) is 1. The van der Waals surface area contributed by atoms with Gasteiger partial charge in [-0.15, -0.1) is 0 Å². The zero-order valence-electron chi connectivity index (χ0n) is 8.53. The first-order chi connectivity index (χ1) is 7.04. The molecule has 0 amide bonds. The predicted octanol–water partition coefficient (Wildman–Crippen LogP) is 1.95. The third-order valence-corrected chi connectivity index (χ3v) is 2.16. The molecule has 0 saturated carbocycles. The van der Waals surface area contributed by atoms with Gasteiger partial charge in [-0.25, -0.2) is 4.79 Å². The van der Waals surface area contributed by atoms with Crippen LogP contribution in [0.3, 0.4) is 0 Å². The monoisotopic (exact) mass is 229 g/mol. The second-order valence-corrected chi connectivity index (χ2v) is 3.53. The Morgan fingerprint density at radius 1 is 1.60 bits per heavy atom. The topological polar surface area (TPSA) is 49.8 Å². The van der Waals surface area contributed by atoms with Crippen molar-refractivity contribution in [3.63, 3.8) is 0 Å². The molecule has 0 aromatic heterocycles. The third-order valence-electron chi connectivity index (χ3n) is 1.85. The second-order valence-electron chi connectivity index (χ2n) is 3.12. The van der Waals surface area contributed by atoms with Gasteiger partial charge in [-0.1, -0.05) is 17.7 Å². The van der Waals surface area contributed by atoms with E-state index in [1.54, 1.807) is 18.2 Å². The molecule has 0 fully saturated rings. The van der Waals surface area contributed by atoms with Gasteiger partial charge in [0.1, 0.15) is 0 Å². The highest BCUT2D eigenvalue weighted by atomic mass is 35.5. The lowest BCUT2D eigenvalue weighted by Gasteiger charge is -2.09. The van der Waals surface area contributed by atoms with Gasteiger partial charge in [-0.3, -0.25) is 0 Å². The quantitative estimate of drug-likeness (QED) is 0.636. The van der Waals surface area contributed by atoms with Crippen molar-refractivity contribution in [1.82, 2.24) is 5.06 Å². The van der Waals surface area contributed by atoms with E-state index >= 15 is 0 Å². The number of methoxy groups -OCH3 is 1. The molecule has 15 heavy (non-hydrogen) atoms. The summed E-state index contributed by atoms with van der Waals surface area (Å²) in [5, 5.41) is 10.4. The Morgan fingerprint density at radius 2 is 2.27 bits per heavy atom. The molecule has 1 rings (SSSR count). The number of esters is 1. The van der Waals surface area contributed by atoms with Gasteiger partial charge in [0.15, 0.2) is 0 Å². The highest BCUT2D eigenvalue weighted by Crippen LogP contribution is 2.19. The second kappa shape index (κ2) is 5.11. The summed E-state index contributed by atoms with van der Waals surface area (Å²) >= 11 is 5.89. The number of hydrogen-bond acceptors (Lipinski definition) is 4. The van der Waals surface area contributed by atoms with Gasteiger partial charge in [-0.05, 0) is 17.7 Å². The largest absolute Gasteiger partial charge is 0.465 e. The molecule has 0 atom stereocenters. The molecule has 0 heterocycles. The van der Waals surface area contributed by atoms with E-state index in [-0.39, 0.29) is 0 Å². The molecule has 0 bridgehead atoms. The number of carbonyl (C=O) groups is 1. The van der Waals surface area contributed by atoms with Crippen molar-refractivity contribution < 1.29 is 14.7 Å². The van der Waals surface area contributed by atoms with Gasteiger partial charge < -0.3 is 9.94 Å². The molecule has 5 heteroatoms. The van der Waals surface area contributed by atoms with E-state index in [2.05, 4.69) is 4.74 Å². The zero-order chi connectivity index (χ0) is 11.4. The van der Waals surface area contributed by atoms with Crippen LogP contribution >= 0.6 is 11.6 Å². The minimum atomic E-state index is -0.469. The number of nitrogens with zero attached hydrogens (tertiary/aromatic N) is 1. The number of hydroxylamine groups is 2. The van der Waals surface area contributed by atoms with Crippen molar-refractivity contribution in [3.05, 3.63) is 34.3 Å². The summed E-state index contributed by atoms with van der Waals surface area (Å²) in [6, 6.07) is 4.92. The first-order valence-corrected chi connectivity index (χ1v) is 4.69. The highest BCUT2D eigenvalue weighted by Gasteiger charge is 2.10. The molecule has 0 aliphatic rings.